The van der Waals surface area contributed by atoms with Crippen molar-refractivity contribution in [3.8, 4) is 0 Å². The van der Waals surface area contributed by atoms with E-state index in [9.17, 15) is 14.7 Å². The van der Waals surface area contributed by atoms with Gasteiger partial charge < -0.3 is 9.90 Å². The van der Waals surface area contributed by atoms with Gasteiger partial charge in [0.05, 0.1) is 4.91 Å². The first-order valence-electron chi connectivity index (χ1n) is 9.99. The molecule has 1 heterocycles. The Morgan fingerprint density at radius 2 is 1.75 bits per heavy atom. The van der Waals surface area contributed by atoms with Gasteiger partial charge in [-0.3, -0.25) is 9.69 Å². The van der Waals surface area contributed by atoms with Crippen molar-refractivity contribution in [1.82, 2.24) is 4.90 Å². The third kappa shape index (κ3) is 7.76. The molecule has 0 spiro atoms. The van der Waals surface area contributed by atoms with E-state index < -0.39 is 5.97 Å². The first kappa shape index (κ1) is 22.6. The maximum atomic E-state index is 12.6. The van der Waals surface area contributed by atoms with E-state index >= 15 is 0 Å². The van der Waals surface area contributed by atoms with Crippen molar-refractivity contribution in [3.05, 3.63) is 40.3 Å². The maximum absolute atomic E-state index is 12.6. The number of amides is 1. The number of hydrogen-bond acceptors (Lipinski definition) is 5. The summed E-state index contributed by atoms with van der Waals surface area (Å²) in [6.45, 7) is 2.72. The zero-order valence-electron chi connectivity index (χ0n) is 16.4. The average molecular weight is 419 g/mol. The molecular weight excluding hydrogens is 390 g/mol. The number of rotatable bonds is 12. The predicted molar refractivity (Wildman–Crippen MR) is 118 cm³/mol. The van der Waals surface area contributed by atoms with Crippen LogP contribution in [0.3, 0.4) is 0 Å². The molecule has 1 aromatic carbocycles. The first-order chi connectivity index (χ1) is 13.5. The summed E-state index contributed by atoms with van der Waals surface area (Å²) in [7, 11) is 0. The summed E-state index contributed by atoms with van der Waals surface area (Å²) in [6, 6.07) is 8.09. The van der Waals surface area contributed by atoms with Crippen molar-refractivity contribution in [2.24, 2.45) is 0 Å². The molecule has 2 rings (SSSR count). The molecule has 1 aromatic rings. The zero-order valence-corrected chi connectivity index (χ0v) is 18.1. The van der Waals surface area contributed by atoms with E-state index in [2.05, 4.69) is 6.07 Å². The molecule has 0 radical (unpaired) electrons. The maximum Gasteiger partial charge on any atom is 0.266 e. The highest BCUT2D eigenvalue weighted by atomic mass is 32.2. The molecule has 1 aliphatic rings. The van der Waals surface area contributed by atoms with Gasteiger partial charge in [0.25, 0.3) is 5.91 Å². The fourth-order valence-electron chi connectivity index (χ4n) is 3.20. The Labute approximate surface area is 177 Å². The van der Waals surface area contributed by atoms with Crippen LogP contribution in [0.25, 0.3) is 6.08 Å². The molecule has 0 saturated carbocycles. The number of nitrogens with zero attached hydrogens (tertiary/aromatic N) is 1. The van der Waals surface area contributed by atoms with Crippen LogP contribution in [0, 0.1) is 6.92 Å². The third-order valence-corrected chi connectivity index (χ3v) is 6.10. The molecule has 0 atom stereocenters. The van der Waals surface area contributed by atoms with Crippen LogP contribution in [0.2, 0.25) is 0 Å². The largest absolute Gasteiger partial charge is 0.550 e. The Kier molecular flexibility index (Phi) is 9.71. The standard InChI is InChI=1S/C22H29NO3S2/c1-17-11-10-12-18(15-17)16-19-21(26)23(22(27)28-19)14-9-7-5-3-2-4-6-8-13-20(24)25/h10-12,15-16H,2-9,13-14H2,1H3,(H,24,25)/p-1/b19-16-. The lowest BCUT2D eigenvalue weighted by Crippen LogP contribution is -2.29. The van der Waals surface area contributed by atoms with Crippen molar-refractivity contribution in [3.63, 3.8) is 0 Å². The Hall–Kier alpha value is -1.66. The lowest BCUT2D eigenvalue weighted by atomic mass is 10.1. The van der Waals surface area contributed by atoms with Gasteiger partial charge in [-0.2, -0.15) is 0 Å². The second-order valence-electron chi connectivity index (χ2n) is 7.20. The molecule has 0 unspecified atom stereocenters. The summed E-state index contributed by atoms with van der Waals surface area (Å²) in [5.74, 6) is -0.936. The third-order valence-electron chi connectivity index (χ3n) is 4.73. The summed E-state index contributed by atoms with van der Waals surface area (Å²) in [4.78, 5) is 25.4. The number of hydrogen-bond donors (Lipinski definition) is 0. The number of thiocarbonyl (C=S) groups is 1. The van der Waals surface area contributed by atoms with E-state index in [1.807, 2.05) is 31.2 Å². The molecule has 1 fully saturated rings. The summed E-state index contributed by atoms with van der Waals surface area (Å²) < 4.78 is 0.650. The number of thioether (sulfide) groups is 1. The minimum Gasteiger partial charge on any atom is -0.550 e. The van der Waals surface area contributed by atoms with Crippen LogP contribution < -0.4 is 5.11 Å². The highest BCUT2D eigenvalue weighted by Gasteiger charge is 2.31. The number of benzene rings is 1. The summed E-state index contributed by atoms with van der Waals surface area (Å²) in [6.07, 6.45) is 10.3. The number of carboxylic acids is 1. The molecule has 0 bridgehead atoms. The number of aliphatic carboxylic acids is 1. The van der Waals surface area contributed by atoms with Crippen LogP contribution >= 0.6 is 24.0 Å². The van der Waals surface area contributed by atoms with Crippen LogP contribution in [0.5, 0.6) is 0 Å². The van der Waals surface area contributed by atoms with Gasteiger partial charge in [0, 0.05) is 12.5 Å². The predicted octanol–water partition coefficient (Wildman–Crippen LogP) is 4.46. The van der Waals surface area contributed by atoms with E-state index in [0.717, 1.165) is 50.5 Å². The lowest BCUT2D eigenvalue weighted by Gasteiger charge is -2.14. The Balaban J connectivity index is 1.64. The molecule has 28 heavy (non-hydrogen) atoms. The summed E-state index contributed by atoms with van der Waals surface area (Å²) in [5, 5.41) is 10.3. The van der Waals surface area contributed by atoms with Gasteiger partial charge in [-0.25, -0.2) is 0 Å². The summed E-state index contributed by atoms with van der Waals surface area (Å²) in [5.41, 5.74) is 2.20. The Bertz CT molecular complexity index is 730. The molecule has 6 heteroatoms. The number of carboxylic acid groups (broad SMARTS) is 1. The van der Waals surface area contributed by atoms with Crippen molar-refractivity contribution in [2.45, 2.75) is 64.7 Å². The van der Waals surface area contributed by atoms with Crippen molar-refractivity contribution in [2.75, 3.05) is 6.54 Å². The van der Waals surface area contributed by atoms with Crippen LogP contribution in [-0.4, -0.2) is 27.6 Å². The minimum atomic E-state index is -0.954. The van der Waals surface area contributed by atoms with E-state index in [-0.39, 0.29) is 12.3 Å². The highest BCUT2D eigenvalue weighted by Crippen LogP contribution is 2.32. The van der Waals surface area contributed by atoms with Gasteiger partial charge in [-0.05, 0) is 37.8 Å². The Morgan fingerprint density at radius 1 is 1.11 bits per heavy atom. The van der Waals surface area contributed by atoms with Crippen molar-refractivity contribution >= 4 is 46.3 Å². The molecule has 0 aromatic heterocycles. The molecule has 1 aliphatic heterocycles. The van der Waals surface area contributed by atoms with Gasteiger partial charge in [0.2, 0.25) is 0 Å². The van der Waals surface area contributed by atoms with E-state index in [1.54, 1.807) is 4.90 Å². The second-order valence-corrected chi connectivity index (χ2v) is 8.87. The van der Waals surface area contributed by atoms with E-state index in [4.69, 9.17) is 12.2 Å². The van der Waals surface area contributed by atoms with E-state index in [1.165, 1.54) is 17.3 Å². The average Bonchev–Trinajstić information content (AvgIpc) is 2.90. The molecule has 0 N–H and O–H groups in total. The number of aryl methyl sites for hydroxylation is 1. The highest BCUT2D eigenvalue weighted by molar-refractivity contribution is 8.26. The first-order valence-corrected chi connectivity index (χ1v) is 11.2. The van der Waals surface area contributed by atoms with E-state index in [0.29, 0.717) is 22.2 Å². The van der Waals surface area contributed by atoms with Gasteiger partial charge in [0.15, 0.2) is 0 Å². The molecule has 4 nitrogen and oxygen atoms in total. The van der Waals surface area contributed by atoms with Crippen molar-refractivity contribution in [1.29, 1.82) is 0 Å². The molecule has 1 amide bonds. The second kappa shape index (κ2) is 12.0. The summed E-state index contributed by atoms with van der Waals surface area (Å²) >= 11 is 6.78. The van der Waals surface area contributed by atoms with Gasteiger partial charge in [-0.1, -0.05) is 92.3 Å². The number of carbonyl (C=O) groups excluding carboxylic acids is 2. The fraction of sp³-hybridized carbons (Fsp3) is 0.500. The van der Waals surface area contributed by atoms with Gasteiger partial charge in [0.1, 0.15) is 4.32 Å². The molecule has 0 aliphatic carbocycles. The van der Waals surface area contributed by atoms with Crippen LogP contribution in [-0.2, 0) is 9.59 Å². The van der Waals surface area contributed by atoms with Crippen molar-refractivity contribution < 1.29 is 14.7 Å². The lowest BCUT2D eigenvalue weighted by molar-refractivity contribution is -0.305. The minimum absolute atomic E-state index is 0.0180. The SMILES string of the molecule is Cc1cccc(/C=C2\SC(=S)N(CCCCCCCCCCC(=O)[O-])C2=O)c1. The quantitative estimate of drug-likeness (QED) is 0.285. The molecule has 152 valence electrons. The smallest absolute Gasteiger partial charge is 0.266 e. The van der Waals surface area contributed by atoms with Gasteiger partial charge >= 0.3 is 0 Å². The zero-order chi connectivity index (χ0) is 20.4. The normalized spacial score (nSPS) is 15.6. The number of carbonyl (C=O) groups is 2. The Morgan fingerprint density at radius 3 is 2.39 bits per heavy atom. The number of unbranched alkanes of at least 4 members (excludes halogenated alkanes) is 7. The molecule has 1 saturated heterocycles. The fourth-order valence-corrected chi connectivity index (χ4v) is 4.51. The monoisotopic (exact) mass is 418 g/mol. The molecular formula is C22H28NO3S2-. The van der Waals surface area contributed by atoms with Crippen LogP contribution in [0.4, 0.5) is 0 Å². The van der Waals surface area contributed by atoms with Gasteiger partial charge in [-0.15, -0.1) is 0 Å². The van der Waals surface area contributed by atoms with Crippen LogP contribution in [0.15, 0.2) is 29.2 Å². The topological polar surface area (TPSA) is 60.4 Å². The van der Waals surface area contributed by atoms with Crippen LogP contribution in [0.1, 0.15) is 68.9 Å².